The molecule has 14 heavy (non-hydrogen) atoms. The Morgan fingerprint density at radius 3 is 2.86 bits per heavy atom. The molecule has 4 nitrogen and oxygen atoms in total. The normalized spacial score (nSPS) is 15.2. The number of hydrogen-bond acceptors (Lipinski definition) is 3. The number of hydrogen-bond donors (Lipinski definition) is 1. The van der Waals surface area contributed by atoms with E-state index >= 15 is 0 Å². The van der Waals surface area contributed by atoms with Gasteiger partial charge in [-0.3, -0.25) is 0 Å². The van der Waals surface area contributed by atoms with Crippen LogP contribution in [0.15, 0.2) is 12.1 Å². The highest BCUT2D eigenvalue weighted by molar-refractivity contribution is 5.85. The van der Waals surface area contributed by atoms with Gasteiger partial charge in [0.25, 0.3) is 0 Å². The van der Waals surface area contributed by atoms with Crippen LogP contribution < -0.4 is 4.74 Å². The quantitative estimate of drug-likeness (QED) is 0.745. The predicted octanol–water partition coefficient (Wildman–Crippen LogP) is 1.46. The minimum absolute atomic E-state index is 0.110. The third-order valence-corrected chi connectivity index (χ3v) is 1.81. The van der Waals surface area contributed by atoms with E-state index in [0.717, 1.165) is 18.9 Å². The standard InChI is InChI=1S/C9H8FNO3/c10-8-4-6(14-5-1-2-5)3-7(11-8)9(12)13/h3-5H,1-2H2,(H,12,13). The summed E-state index contributed by atoms with van der Waals surface area (Å²) in [6, 6.07) is 2.31. The Hall–Kier alpha value is -1.65. The van der Waals surface area contributed by atoms with Crippen LogP contribution in [0.3, 0.4) is 0 Å². The Labute approximate surface area is 79.3 Å². The number of aromatic nitrogens is 1. The topological polar surface area (TPSA) is 59.4 Å². The van der Waals surface area contributed by atoms with Crippen molar-refractivity contribution in [3.05, 3.63) is 23.8 Å². The van der Waals surface area contributed by atoms with E-state index < -0.39 is 11.9 Å². The largest absolute Gasteiger partial charge is 0.490 e. The summed E-state index contributed by atoms with van der Waals surface area (Å²) in [6.45, 7) is 0. The molecule has 74 valence electrons. The molecule has 0 radical (unpaired) electrons. The molecule has 0 spiro atoms. The average Bonchev–Trinajstić information content (AvgIpc) is 2.87. The molecule has 1 fully saturated rings. The van der Waals surface area contributed by atoms with Gasteiger partial charge in [-0.1, -0.05) is 0 Å². The van der Waals surface area contributed by atoms with Crippen molar-refractivity contribution in [1.82, 2.24) is 4.98 Å². The molecule has 0 unspecified atom stereocenters. The van der Waals surface area contributed by atoms with Gasteiger partial charge < -0.3 is 9.84 Å². The first kappa shape index (κ1) is 8.93. The third kappa shape index (κ3) is 1.99. The molecule has 1 heterocycles. The molecule has 0 aliphatic heterocycles. The van der Waals surface area contributed by atoms with E-state index in [1.807, 2.05) is 0 Å². The molecule has 1 aromatic rings. The van der Waals surface area contributed by atoms with Crippen molar-refractivity contribution in [2.45, 2.75) is 18.9 Å². The van der Waals surface area contributed by atoms with Gasteiger partial charge in [-0.2, -0.15) is 4.39 Å². The average molecular weight is 197 g/mol. The van der Waals surface area contributed by atoms with Crippen LogP contribution in [0.5, 0.6) is 5.75 Å². The second-order valence-electron chi connectivity index (χ2n) is 3.13. The van der Waals surface area contributed by atoms with Gasteiger partial charge >= 0.3 is 5.97 Å². The van der Waals surface area contributed by atoms with Gasteiger partial charge in [0.15, 0.2) is 5.69 Å². The van der Waals surface area contributed by atoms with Crippen LogP contribution in [0.2, 0.25) is 0 Å². The Morgan fingerprint density at radius 2 is 2.29 bits per heavy atom. The molecule has 5 heteroatoms. The van der Waals surface area contributed by atoms with Crippen molar-refractivity contribution in [1.29, 1.82) is 0 Å². The van der Waals surface area contributed by atoms with Crippen molar-refractivity contribution >= 4 is 5.97 Å². The number of halogens is 1. The summed E-state index contributed by atoms with van der Waals surface area (Å²) in [7, 11) is 0. The lowest BCUT2D eigenvalue weighted by Crippen LogP contribution is -2.04. The first-order chi connectivity index (χ1) is 6.65. The number of aromatic carboxylic acids is 1. The Balaban J connectivity index is 2.25. The number of nitrogens with zero attached hydrogens (tertiary/aromatic N) is 1. The molecule has 0 atom stereocenters. The van der Waals surface area contributed by atoms with Gasteiger partial charge in [-0.15, -0.1) is 0 Å². The van der Waals surface area contributed by atoms with Gasteiger partial charge in [-0.25, -0.2) is 9.78 Å². The molecule has 1 aromatic heterocycles. The summed E-state index contributed by atoms with van der Waals surface area (Å²) in [5.74, 6) is -1.86. The summed E-state index contributed by atoms with van der Waals surface area (Å²) in [6.07, 6.45) is 1.98. The Bertz CT molecular complexity index is 376. The lowest BCUT2D eigenvalue weighted by molar-refractivity contribution is 0.0688. The van der Waals surface area contributed by atoms with E-state index in [2.05, 4.69) is 4.98 Å². The molecular weight excluding hydrogens is 189 g/mol. The second kappa shape index (κ2) is 3.25. The van der Waals surface area contributed by atoms with E-state index in [1.54, 1.807) is 0 Å². The van der Waals surface area contributed by atoms with Gasteiger partial charge in [-0.05, 0) is 12.8 Å². The number of carboxylic acids is 1. The lowest BCUT2D eigenvalue weighted by Gasteiger charge is -2.04. The molecule has 1 aliphatic carbocycles. The fourth-order valence-corrected chi connectivity index (χ4v) is 1.03. The van der Waals surface area contributed by atoms with Gasteiger partial charge in [0.2, 0.25) is 5.95 Å². The number of rotatable bonds is 3. The van der Waals surface area contributed by atoms with Crippen molar-refractivity contribution in [3.8, 4) is 5.75 Å². The minimum Gasteiger partial charge on any atom is -0.490 e. The van der Waals surface area contributed by atoms with Gasteiger partial charge in [0.05, 0.1) is 6.10 Å². The molecular formula is C9H8FNO3. The van der Waals surface area contributed by atoms with E-state index in [1.165, 1.54) is 6.07 Å². The SMILES string of the molecule is O=C(O)c1cc(OC2CC2)cc(F)n1. The first-order valence-electron chi connectivity index (χ1n) is 4.22. The van der Waals surface area contributed by atoms with Crippen LogP contribution >= 0.6 is 0 Å². The highest BCUT2D eigenvalue weighted by Gasteiger charge is 2.24. The molecule has 0 amide bonds. The predicted molar refractivity (Wildman–Crippen MR) is 44.8 cm³/mol. The summed E-state index contributed by atoms with van der Waals surface area (Å²) >= 11 is 0. The summed E-state index contributed by atoms with van der Waals surface area (Å²) < 4.78 is 18.1. The van der Waals surface area contributed by atoms with Crippen LogP contribution in [-0.4, -0.2) is 22.2 Å². The molecule has 2 rings (SSSR count). The third-order valence-electron chi connectivity index (χ3n) is 1.81. The fraction of sp³-hybridized carbons (Fsp3) is 0.333. The molecule has 1 N–H and O–H groups in total. The Kier molecular flexibility index (Phi) is 2.07. The van der Waals surface area contributed by atoms with Crippen LogP contribution in [0.4, 0.5) is 4.39 Å². The molecule has 1 saturated carbocycles. The van der Waals surface area contributed by atoms with E-state index in [4.69, 9.17) is 9.84 Å². The van der Waals surface area contributed by atoms with E-state index in [-0.39, 0.29) is 17.5 Å². The zero-order valence-corrected chi connectivity index (χ0v) is 7.24. The van der Waals surface area contributed by atoms with Crippen LogP contribution in [0, 0.1) is 5.95 Å². The first-order valence-corrected chi connectivity index (χ1v) is 4.22. The minimum atomic E-state index is -1.26. The highest BCUT2D eigenvalue weighted by atomic mass is 19.1. The van der Waals surface area contributed by atoms with E-state index in [0.29, 0.717) is 0 Å². The lowest BCUT2D eigenvalue weighted by atomic mass is 10.3. The summed E-state index contributed by atoms with van der Waals surface area (Å²) in [5, 5.41) is 8.60. The van der Waals surface area contributed by atoms with Crippen molar-refractivity contribution in [2.75, 3.05) is 0 Å². The van der Waals surface area contributed by atoms with Gasteiger partial charge in [0, 0.05) is 12.1 Å². The zero-order chi connectivity index (χ0) is 10.1. The maximum Gasteiger partial charge on any atom is 0.354 e. The molecule has 1 aliphatic rings. The molecule has 0 aromatic carbocycles. The maximum atomic E-state index is 12.8. The fourth-order valence-electron chi connectivity index (χ4n) is 1.03. The van der Waals surface area contributed by atoms with Crippen LogP contribution in [-0.2, 0) is 0 Å². The van der Waals surface area contributed by atoms with Crippen LogP contribution in [0.25, 0.3) is 0 Å². The number of carboxylic acid groups (broad SMARTS) is 1. The van der Waals surface area contributed by atoms with Crippen molar-refractivity contribution in [3.63, 3.8) is 0 Å². The van der Waals surface area contributed by atoms with Crippen molar-refractivity contribution in [2.24, 2.45) is 0 Å². The molecule has 0 bridgehead atoms. The smallest absolute Gasteiger partial charge is 0.354 e. The number of carbonyl (C=O) groups is 1. The number of pyridine rings is 1. The molecule has 0 saturated heterocycles. The zero-order valence-electron chi connectivity index (χ0n) is 7.24. The second-order valence-corrected chi connectivity index (χ2v) is 3.13. The summed E-state index contributed by atoms with van der Waals surface area (Å²) in [4.78, 5) is 13.7. The highest BCUT2D eigenvalue weighted by Crippen LogP contribution is 2.27. The maximum absolute atomic E-state index is 12.8. The van der Waals surface area contributed by atoms with Gasteiger partial charge in [0.1, 0.15) is 5.75 Å². The number of ether oxygens (including phenoxy) is 1. The monoisotopic (exact) mass is 197 g/mol. The van der Waals surface area contributed by atoms with Crippen LogP contribution in [0.1, 0.15) is 23.3 Å². The van der Waals surface area contributed by atoms with Crippen molar-refractivity contribution < 1.29 is 19.0 Å². The summed E-state index contributed by atoms with van der Waals surface area (Å²) in [5.41, 5.74) is -0.333. The Morgan fingerprint density at radius 1 is 1.57 bits per heavy atom. The van der Waals surface area contributed by atoms with E-state index in [9.17, 15) is 9.18 Å².